The largest absolute Gasteiger partial charge is 0.506 e. The number of hydrogen-bond donors (Lipinski definition) is 0. The number of carbonyl (C=O) groups is 1. The minimum Gasteiger partial charge on any atom is -0.435 e. The number of rotatable bonds is 0. The maximum Gasteiger partial charge on any atom is 0.506 e. The minimum absolute atomic E-state index is 0.198. The summed E-state index contributed by atoms with van der Waals surface area (Å²) < 4.78 is 7.17. The van der Waals surface area contributed by atoms with Crippen molar-refractivity contribution in [3.8, 4) is 0 Å². The van der Waals surface area contributed by atoms with Gasteiger partial charge in [0, 0.05) is 12.8 Å². The number of amidine groups is 1. The number of ether oxygens (including phenoxy) is 1. The highest BCUT2D eigenvalue weighted by Gasteiger charge is 2.34. The molecule has 84 valence electrons. The summed E-state index contributed by atoms with van der Waals surface area (Å²) in [4.78, 5) is 13.4. The average molecular weight is 211 g/mol. The molecule has 0 aromatic carbocycles. The lowest BCUT2D eigenvalue weighted by molar-refractivity contribution is -0.538. The molecule has 0 saturated carbocycles. The lowest BCUT2D eigenvalue weighted by Gasteiger charge is -2.23. The van der Waals surface area contributed by atoms with E-state index in [1.165, 1.54) is 32.2 Å². The third-order valence-corrected chi connectivity index (χ3v) is 3.21. The first-order valence-electron chi connectivity index (χ1n) is 5.79. The fourth-order valence-corrected chi connectivity index (χ4v) is 2.45. The van der Waals surface area contributed by atoms with Crippen molar-refractivity contribution in [3.05, 3.63) is 0 Å². The smallest absolute Gasteiger partial charge is 0.435 e. The molecule has 2 aliphatic rings. The lowest BCUT2D eigenvalue weighted by atomic mass is 10.2. The van der Waals surface area contributed by atoms with Crippen LogP contribution in [-0.2, 0) is 4.74 Å². The Morgan fingerprint density at radius 2 is 2.07 bits per heavy atom. The molecule has 0 fully saturated rings. The van der Waals surface area contributed by atoms with Gasteiger partial charge in [0.15, 0.2) is 0 Å². The molecule has 15 heavy (non-hydrogen) atoms. The topological polar surface area (TPSA) is 32.5 Å². The van der Waals surface area contributed by atoms with Crippen LogP contribution in [-0.4, -0.2) is 48.1 Å². The molecule has 0 saturated heterocycles. The Hall–Kier alpha value is -1.06. The van der Waals surface area contributed by atoms with Crippen molar-refractivity contribution in [2.24, 2.45) is 0 Å². The highest BCUT2D eigenvalue weighted by atomic mass is 16.5. The van der Waals surface area contributed by atoms with Gasteiger partial charge < -0.3 is 4.74 Å². The van der Waals surface area contributed by atoms with Gasteiger partial charge in [0.2, 0.25) is 0 Å². The van der Waals surface area contributed by atoms with Crippen molar-refractivity contribution in [3.63, 3.8) is 0 Å². The van der Waals surface area contributed by atoms with Gasteiger partial charge in [0.1, 0.15) is 6.54 Å². The molecule has 0 aromatic rings. The number of methoxy groups -OCH3 is 1. The Labute approximate surface area is 90.5 Å². The lowest BCUT2D eigenvalue weighted by Crippen LogP contribution is -2.47. The van der Waals surface area contributed by atoms with Crippen molar-refractivity contribution in [2.45, 2.75) is 32.1 Å². The number of hydrogen-bond acceptors (Lipinski definition) is 2. The summed E-state index contributed by atoms with van der Waals surface area (Å²) in [6.45, 7) is 3.02. The van der Waals surface area contributed by atoms with Crippen LogP contribution in [0.3, 0.4) is 0 Å². The summed E-state index contributed by atoms with van der Waals surface area (Å²) in [5, 5.41) is 0. The molecular formula is C11H19N2O2+. The van der Waals surface area contributed by atoms with Crippen LogP contribution in [0.1, 0.15) is 32.1 Å². The summed E-state index contributed by atoms with van der Waals surface area (Å²) in [5.41, 5.74) is 0. The van der Waals surface area contributed by atoms with Crippen molar-refractivity contribution < 1.29 is 14.1 Å². The standard InChI is InChI=1S/C11H19N2O2/c1-15-11(14)13-9-5-8-12-7-4-2-3-6-10(12)13/h2-9H2,1H3/q+1. The second-order valence-electron chi connectivity index (χ2n) is 4.19. The molecule has 2 aliphatic heterocycles. The van der Waals surface area contributed by atoms with Crippen LogP contribution in [0.4, 0.5) is 4.79 Å². The molecule has 1 amide bonds. The van der Waals surface area contributed by atoms with Crippen LogP contribution in [0.5, 0.6) is 0 Å². The normalized spacial score (nSPS) is 22.1. The van der Waals surface area contributed by atoms with Crippen LogP contribution >= 0.6 is 0 Å². The summed E-state index contributed by atoms with van der Waals surface area (Å²) in [6.07, 6.45) is 5.59. The van der Waals surface area contributed by atoms with E-state index in [0.717, 1.165) is 32.5 Å². The van der Waals surface area contributed by atoms with E-state index < -0.39 is 0 Å². The maximum absolute atomic E-state index is 11.6. The van der Waals surface area contributed by atoms with Crippen LogP contribution < -0.4 is 0 Å². The van der Waals surface area contributed by atoms with Crippen LogP contribution in [0.25, 0.3) is 0 Å². The Kier molecular flexibility index (Phi) is 3.23. The van der Waals surface area contributed by atoms with Crippen molar-refractivity contribution in [1.29, 1.82) is 0 Å². The molecule has 0 spiro atoms. The molecule has 0 aromatic heterocycles. The summed E-state index contributed by atoms with van der Waals surface area (Å²) >= 11 is 0. The number of carbonyl (C=O) groups excluding carboxylic acids is 1. The van der Waals surface area contributed by atoms with Crippen molar-refractivity contribution in [2.75, 3.05) is 26.7 Å². The van der Waals surface area contributed by atoms with E-state index in [0.29, 0.717) is 0 Å². The van der Waals surface area contributed by atoms with Crippen LogP contribution in [0.15, 0.2) is 0 Å². The highest BCUT2D eigenvalue weighted by Crippen LogP contribution is 2.15. The SMILES string of the molecule is COC(=O)N1CCC[N+]2=C1CCCCC2. The predicted octanol–water partition coefficient (Wildman–Crippen LogP) is 1.44. The zero-order valence-electron chi connectivity index (χ0n) is 9.37. The van der Waals surface area contributed by atoms with Gasteiger partial charge in [0.05, 0.1) is 20.2 Å². The van der Waals surface area contributed by atoms with E-state index in [1.807, 2.05) is 4.90 Å². The molecule has 0 atom stereocenters. The molecule has 0 unspecified atom stereocenters. The van der Waals surface area contributed by atoms with Crippen LogP contribution in [0, 0.1) is 0 Å². The summed E-state index contributed by atoms with van der Waals surface area (Å²) in [6, 6.07) is 0. The Bertz CT molecular complexity index is 286. The third-order valence-electron chi connectivity index (χ3n) is 3.21. The Balaban J connectivity index is 2.20. The first-order valence-corrected chi connectivity index (χ1v) is 5.79. The number of amides is 1. The average Bonchev–Trinajstić information content (AvgIpc) is 2.52. The second-order valence-corrected chi connectivity index (χ2v) is 4.19. The quantitative estimate of drug-likeness (QED) is 0.568. The molecule has 2 rings (SSSR count). The molecule has 0 radical (unpaired) electrons. The van der Waals surface area contributed by atoms with Crippen molar-refractivity contribution >= 4 is 11.9 Å². The number of nitrogens with zero attached hydrogens (tertiary/aromatic N) is 2. The van der Waals surface area contributed by atoms with Gasteiger partial charge in [-0.2, -0.15) is 9.69 Å². The van der Waals surface area contributed by atoms with E-state index in [1.54, 1.807) is 0 Å². The van der Waals surface area contributed by atoms with E-state index in [9.17, 15) is 4.79 Å². The molecule has 0 bridgehead atoms. The van der Waals surface area contributed by atoms with Crippen molar-refractivity contribution in [1.82, 2.24) is 4.90 Å². The molecule has 0 aliphatic carbocycles. The zero-order valence-corrected chi connectivity index (χ0v) is 9.37. The maximum atomic E-state index is 11.6. The predicted molar refractivity (Wildman–Crippen MR) is 57.2 cm³/mol. The fraction of sp³-hybridized carbons (Fsp3) is 0.818. The van der Waals surface area contributed by atoms with Gasteiger partial charge in [0.25, 0.3) is 5.84 Å². The van der Waals surface area contributed by atoms with E-state index >= 15 is 0 Å². The van der Waals surface area contributed by atoms with Gasteiger partial charge in [-0.1, -0.05) is 0 Å². The van der Waals surface area contributed by atoms with Gasteiger partial charge in [-0.05, 0) is 19.3 Å². The van der Waals surface area contributed by atoms with E-state index in [4.69, 9.17) is 4.74 Å². The molecular weight excluding hydrogens is 192 g/mol. The summed E-state index contributed by atoms with van der Waals surface area (Å²) in [5.74, 6) is 1.19. The second kappa shape index (κ2) is 4.64. The Morgan fingerprint density at radius 1 is 1.27 bits per heavy atom. The van der Waals surface area contributed by atoms with Gasteiger partial charge in [-0.3, -0.25) is 4.58 Å². The first kappa shape index (κ1) is 10.5. The van der Waals surface area contributed by atoms with Gasteiger partial charge >= 0.3 is 6.09 Å². The fourth-order valence-electron chi connectivity index (χ4n) is 2.45. The molecule has 4 heteroatoms. The molecule has 0 N–H and O–H groups in total. The van der Waals surface area contributed by atoms with E-state index in [2.05, 4.69) is 4.58 Å². The molecule has 2 heterocycles. The minimum atomic E-state index is -0.198. The first-order chi connectivity index (χ1) is 7.33. The monoisotopic (exact) mass is 211 g/mol. The van der Waals surface area contributed by atoms with Crippen LogP contribution in [0.2, 0.25) is 0 Å². The third kappa shape index (κ3) is 2.13. The Morgan fingerprint density at radius 3 is 2.87 bits per heavy atom. The zero-order chi connectivity index (χ0) is 10.7. The van der Waals surface area contributed by atoms with E-state index in [-0.39, 0.29) is 6.09 Å². The summed E-state index contributed by atoms with van der Waals surface area (Å²) in [7, 11) is 1.46. The van der Waals surface area contributed by atoms with Gasteiger partial charge in [-0.25, -0.2) is 0 Å². The molecule has 4 nitrogen and oxygen atoms in total. The van der Waals surface area contributed by atoms with Gasteiger partial charge in [-0.15, -0.1) is 0 Å². The highest BCUT2D eigenvalue weighted by molar-refractivity contribution is 5.92.